The lowest BCUT2D eigenvalue weighted by molar-refractivity contribution is -0.145. The van der Waals surface area contributed by atoms with E-state index in [2.05, 4.69) is 4.99 Å². The maximum atomic E-state index is 13.4. The molecule has 6 nitrogen and oxygen atoms in total. The van der Waals surface area contributed by atoms with Crippen molar-refractivity contribution in [2.45, 2.75) is 12.1 Å². The van der Waals surface area contributed by atoms with Crippen LogP contribution in [0.15, 0.2) is 89.6 Å². The van der Waals surface area contributed by atoms with Gasteiger partial charge in [0, 0.05) is 35.2 Å². The maximum absolute atomic E-state index is 13.4. The van der Waals surface area contributed by atoms with Crippen LogP contribution >= 0.6 is 23.2 Å². The highest BCUT2D eigenvalue weighted by atomic mass is 35.5. The van der Waals surface area contributed by atoms with Crippen molar-refractivity contribution >= 4 is 46.5 Å². The summed E-state index contributed by atoms with van der Waals surface area (Å²) in [6.07, 6.45) is -4.04. The highest BCUT2D eigenvalue weighted by Crippen LogP contribution is 2.37. The second-order valence-electron chi connectivity index (χ2n) is 9.09. The minimum atomic E-state index is -4.76. The number of halogens is 5. The molecule has 1 aliphatic heterocycles. The van der Waals surface area contributed by atoms with E-state index in [1.807, 2.05) is 6.07 Å². The molecular formula is C29H24Cl2F3N3O3. The molecule has 1 amide bonds. The molecule has 0 radical (unpaired) electrons. The average Bonchev–Trinajstić information content (AvgIpc) is 3.38. The first-order valence-corrected chi connectivity index (χ1v) is 12.8. The molecule has 1 fully saturated rings. The number of rotatable bonds is 6. The number of hydrogen-bond acceptors (Lipinski definition) is 5. The van der Waals surface area contributed by atoms with Crippen molar-refractivity contribution in [1.82, 2.24) is 4.90 Å². The normalized spacial score (nSPS) is 18.1. The van der Waals surface area contributed by atoms with Crippen molar-refractivity contribution in [3.05, 3.63) is 111 Å². The average molecular weight is 590 g/mol. The molecular weight excluding hydrogens is 566 g/mol. The third-order valence-corrected chi connectivity index (χ3v) is 7.22. The summed E-state index contributed by atoms with van der Waals surface area (Å²) < 4.78 is 44.6. The Labute approximate surface area is 238 Å². The van der Waals surface area contributed by atoms with Crippen molar-refractivity contribution in [3.63, 3.8) is 0 Å². The largest absolute Gasteiger partial charge is 0.469 e. The summed E-state index contributed by atoms with van der Waals surface area (Å²) in [5.41, 5.74) is 5.39. The maximum Gasteiger partial charge on any atom is 0.430 e. The van der Waals surface area contributed by atoms with Crippen LogP contribution in [0.3, 0.4) is 0 Å². The van der Waals surface area contributed by atoms with E-state index in [0.717, 1.165) is 11.6 Å². The van der Waals surface area contributed by atoms with E-state index < -0.39 is 23.8 Å². The zero-order valence-electron chi connectivity index (χ0n) is 21.2. The number of carbonyl (C=O) groups is 2. The molecule has 1 heterocycles. The third-order valence-electron chi connectivity index (χ3n) is 6.56. The standard InChI is InChI=1S/C29H24Cl2F3N3O3/c1-40-28(39)21-16-37(15-20(21)19-6-2-3-7-22(19)30)27(38)18-12-10-17(11-13-18)25(14-26(35)29(32,33)34)36-24-9-5-4-8-23(24)31/h2-14,20-21H,15-16,35H2,1H3/b26-14-,36-25?/t20-,21+/m0/s1. The highest BCUT2D eigenvalue weighted by Gasteiger charge is 2.42. The molecule has 3 aromatic carbocycles. The number of nitrogens with zero attached hydrogens (tertiary/aromatic N) is 2. The number of hydrogen-bond donors (Lipinski definition) is 1. The van der Waals surface area contributed by atoms with E-state index in [1.165, 1.54) is 36.3 Å². The Morgan fingerprint density at radius 3 is 2.15 bits per heavy atom. The minimum absolute atomic E-state index is 0.0902. The highest BCUT2D eigenvalue weighted by molar-refractivity contribution is 6.33. The van der Waals surface area contributed by atoms with Gasteiger partial charge in [0.15, 0.2) is 0 Å². The van der Waals surface area contributed by atoms with Gasteiger partial charge in [-0.2, -0.15) is 13.2 Å². The van der Waals surface area contributed by atoms with E-state index >= 15 is 0 Å². The number of ether oxygens (including phenoxy) is 1. The lowest BCUT2D eigenvalue weighted by Gasteiger charge is -2.18. The number of esters is 1. The van der Waals surface area contributed by atoms with Crippen molar-refractivity contribution in [2.75, 3.05) is 20.2 Å². The predicted octanol–water partition coefficient (Wildman–Crippen LogP) is 6.55. The van der Waals surface area contributed by atoms with Gasteiger partial charge in [0.25, 0.3) is 5.91 Å². The summed E-state index contributed by atoms with van der Waals surface area (Å²) in [4.78, 5) is 31.8. The number of aliphatic imine (C=N–C) groups is 1. The van der Waals surface area contributed by atoms with Gasteiger partial charge in [0.2, 0.25) is 0 Å². The smallest absolute Gasteiger partial charge is 0.430 e. The zero-order valence-corrected chi connectivity index (χ0v) is 22.7. The summed E-state index contributed by atoms with van der Waals surface area (Å²) in [6.45, 7) is 0.349. The summed E-state index contributed by atoms with van der Waals surface area (Å²) >= 11 is 12.5. The Kier molecular flexibility index (Phi) is 8.85. The number of allylic oxidation sites excluding steroid dienone is 2. The molecule has 1 aliphatic rings. The Balaban J connectivity index is 1.64. The molecule has 0 aromatic heterocycles. The van der Waals surface area contributed by atoms with Gasteiger partial charge in [-0.05, 0) is 42.0 Å². The second-order valence-corrected chi connectivity index (χ2v) is 9.91. The number of amides is 1. The molecule has 0 spiro atoms. The molecule has 208 valence electrons. The van der Waals surface area contributed by atoms with Crippen molar-refractivity contribution in [2.24, 2.45) is 16.6 Å². The van der Waals surface area contributed by atoms with Crippen molar-refractivity contribution < 1.29 is 27.5 Å². The van der Waals surface area contributed by atoms with E-state index in [4.69, 9.17) is 33.7 Å². The van der Waals surface area contributed by atoms with Gasteiger partial charge < -0.3 is 15.4 Å². The van der Waals surface area contributed by atoms with Gasteiger partial charge in [-0.3, -0.25) is 9.59 Å². The fraction of sp³-hybridized carbons (Fsp3) is 0.207. The molecule has 0 saturated carbocycles. The molecule has 11 heteroatoms. The van der Waals surface area contributed by atoms with Crippen LogP contribution < -0.4 is 5.73 Å². The number of carbonyl (C=O) groups excluding carboxylic acids is 2. The second kappa shape index (κ2) is 12.1. The lowest BCUT2D eigenvalue weighted by atomic mass is 9.89. The summed E-state index contributed by atoms with van der Waals surface area (Å²) in [6, 6.07) is 19.4. The number of methoxy groups -OCH3 is 1. The minimum Gasteiger partial charge on any atom is -0.469 e. The lowest BCUT2D eigenvalue weighted by Crippen LogP contribution is -2.30. The zero-order chi connectivity index (χ0) is 29.0. The molecule has 2 atom stereocenters. The van der Waals surface area contributed by atoms with Gasteiger partial charge in [-0.15, -0.1) is 0 Å². The molecule has 3 aromatic rings. The van der Waals surface area contributed by atoms with Gasteiger partial charge in [-0.25, -0.2) is 4.99 Å². The van der Waals surface area contributed by atoms with Crippen molar-refractivity contribution in [1.29, 1.82) is 0 Å². The monoisotopic (exact) mass is 589 g/mol. The Morgan fingerprint density at radius 1 is 0.950 bits per heavy atom. The summed E-state index contributed by atoms with van der Waals surface area (Å²) in [5, 5.41) is 0.727. The number of nitrogens with two attached hydrogens (primary N) is 1. The Bertz CT molecular complexity index is 1470. The van der Waals surface area contributed by atoms with Crippen LogP contribution in [-0.4, -0.2) is 48.9 Å². The van der Waals surface area contributed by atoms with Crippen LogP contribution in [0.5, 0.6) is 0 Å². The number of para-hydroxylation sites is 1. The Morgan fingerprint density at radius 2 is 1.55 bits per heavy atom. The van der Waals surface area contributed by atoms with E-state index in [-0.39, 0.29) is 52.5 Å². The first-order chi connectivity index (χ1) is 19.0. The van der Waals surface area contributed by atoms with E-state index in [9.17, 15) is 22.8 Å². The number of benzene rings is 3. The molecule has 0 bridgehead atoms. The fourth-order valence-electron chi connectivity index (χ4n) is 4.50. The van der Waals surface area contributed by atoms with Crippen LogP contribution in [0.1, 0.15) is 27.4 Å². The van der Waals surface area contributed by atoms with E-state index in [1.54, 1.807) is 42.5 Å². The summed E-state index contributed by atoms with van der Waals surface area (Å²) in [7, 11) is 1.29. The van der Waals surface area contributed by atoms with Gasteiger partial charge in [0.05, 0.1) is 29.4 Å². The van der Waals surface area contributed by atoms with Crippen molar-refractivity contribution in [3.8, 4) is 0 Å². The number of likely N-dealkylation sites (tertiary alicyclic amines) is 1. The molecule has 1 saturated heterocycles. The molecule has 0 unspecified atom stereocenters. The van der Waals surface area contributed by atoms with Crippen LogP contribution in [0.4, 0.5) is 18.9 Å². The van der Waals surface area contributed by atoms with Crippen LogP contribution in [0.25, 0.3) is 0 Å². The first kappa shape index (κ1) is 29.2. The van der Waals surface area contributed by atoms with E-state index in [0.29, 0.717) is 5.02 Å². The molecule has 40 heavy (non-hydrogen) atoms. The Hall–Kier alpha value is -3.82. The predicted molar refractivity (Wildman–Crippen MR) is 148 cm³/mol. The quantitative estimate of drug-likeness (QED) is 0.261. The molecule has 4 rings (SSSR count). The first-order valence-electron chi connectivity index (χ1n) is 12.1. The molecule has 0 aliphatic carbocycles. The molecule has 2 N–H and O–H groups in total. The van der Waals surface area contributed by atoms with Crippen LogP contribution in [0, 0.1) is 5.92 Å². The van der Waals surface area contributed by atoms with Crippen LogP contribution in [0.2, 0.25) is 10.0 Å². The van der Waals surface area contributed by atoms with Crippen LogP contribution in [-0.2, 0) is 9.53 Å². The van der Waals surface area contributed by atoms with Gasteiger partial charge in [0.1, 0.15) is 5.70 Å². The summed E-state index contributed by atoms with van der Waals surface area (Å²) in [5.74, 6) is -1.79. The van der Waals surface area contributed by atoms with Gasteiger partial charge in [-0.1, -0.05) is 65.7 Å². The third kappa shape index (κ3) is 6.48. The SMILES string of the molecule is COC(=O)[C@@H]1CN(C(=O)c2ccc(C(/C=C(\N)C(F)(F)F)=Nc3ccccc3Cl)cc2)C[C@H]1c1ccccc1Cl. The van der Waals surface area contributed by atoms with Gasteiger partial charge >= 0.3 is 12.1 Å². The fourth-order valence-corrected chi connectivity index (χ4v) is 4.95. The number of alkyl halides is 3. The topological polar surface area (TPSA) is 85.0 Å².